The standard InChI is InChI=1S/C15H19N5O3/c1-9(6-13(21)23-3)8-16-15(22)11-5-4-10(2)12(7-11)14-17-19-20-18-14/h4-5,7,9H,6,8H2,1-3H3,(H,16,22)(H,17,18,19,20). The van der Waals surface area contributed by atoms with Crippen LogP contribution < -0.4 is 5.32 Å². The zero-order valence-corrected chi connectivity index (χ0v) is 13.3. The van der Waals surface area contributed by atoms with Crippen LogP contribution in [-0.4, -0.2) is 46.2 Å². The average Bonchev–Trinajstić information content (AvgIpc) is 3.07. The zero-order valence-electron chi connectivity index (χ0n) is 13.3. The van der Waals surface area contributed by atoms with E-state index in [1.807, 2.05) is 19.9 Å². The fourth-order valence-corrected chi connectivity index (χ4v) is 2.09. The molecule has 0 bridgehead atoms. The Morgan fingerprint density at radius 2 is 2.17 bits per heavy atom. The third-order valence-corrected chi connectivity index (χ3v) is 3.44. The number of tetrazole rings is 1. The molecule has 0 aliphatic carbocycles. The van der Waals surface area contributed by atoms with E-state index in [0.29, 0.717) is 17.9 Å². The van der Waals surface area contributed by atoms with Gasteiger partial charge in [0, 0.05) is 24.1 Å². The van der Waals surface area contributed by atoms with E-state index >= 15 is 0 Å². The fourth-order valence-electron chi connectivity index (χ4n) is 2.09. The molecular weight excluding hydrogens is 298 g/mol. The summed E-state index contributed by atoms with van der Waals surface area (Å²) in [6.07, 6.45) is 0.263. The van der Waals surface area contributed by atoms with E-state index in [0.717, 1.165) is 11.1 Å². The summed E-state index contributed by atoms with van der Waals surface area (Å²) >= 11 is 0. The number of ether oxygens (including phenoxy) is 1. The molecule has 0 fully saturated rings. The molecule has 0 aliphatic rings. The molecule has 1 aromatic heterocycles. The van der Waals surface area contributed by atoms with Gasteiger partial charge in [-0.25, -0.2) is 0 Å². The van der Waals surface area contributed by atoms with Gasteiger partial charge in [0.25, 0.3) is 5.91 Å². The predicted molar refractivity (Wildman–Crippen MR) is 82.5 cm³/mol. The van der Waals surface area contributed by atoms with Gasteiger partial charge in [-0.3, -0.25) is 9.59 Å². The van der Waals surface area contributed by atoms with Crippen molar-refractivity contribution in [2.45, 2.75) is 20.3 Å². The summed E-state index contributed by atoms with van der Waals surface area (Å²) in [6.45, 7) is 4.17. The normalized spacial score (nSPS) is 11.8. The number of hydrogen-bond donors (Lipinski definition) is 2. The second kappa shape index (κ2) is 7.48. The van der Waals surface area contributed by atoms with Gasteiger partial charge in [-0.05, 0) is 35.8 Å². The van der Waals surface area contributed by atoms with Gasteiger partial charge >= 0.3 is 5.97 Å². The highest BCUT2D eigenvalue weighted by Crippen LogP contribution is 2.20. The lowest BCUT2D eigenvalue weighted by Gasteiger charge is -2.12. The van der Waals surface area contributed by atoms with E-state index in [1.165, 1.54) is 7.11 Å². The molecular formula is C15H19N5O3. The van der Waals surface area contributed by atoms with Crippen molar-refractivity contribution in [3.05, 3.63) is 29.3 Å². The Hall–Kier alpha value is -2.77. The second-order valence-corrected chi connectivity index (χ2v) is 5.36. The molecule has 1 amide bonds. The van der Waals surface area contributed by atoms with Crippen LogP contribution >= 0.6 is 0 Å². The van der Waals surface area contributed by atoms with Gasteiger partial charge in [0.15, 0.2) is 0 Å². The number of methoxy groups -OCH3 is 1. The highest BCUT2D eigenvalue weighted by Gasteiger charge is 2.14. The first-order valence-corrected chi connectivity index (χ1v) is 7.20. The third kappa shape index (κ3) is 4.35. The number of amides is 1. The third-order valence-electron chi connectivity index (χ3n) is 3.44. The van der Waals surface area contributed by atoms with Crippen molar-refractivity contribution in [2.24, 2.45) is 5.92 Å². The minimum atomic E-state index is -0.290. The maximum Gasteiger partial charge on any atom is 0.305 e. The molecule has 0 saturated heterocycles. The van der Waals surface area contributed by atoms with Crippen LogP contribution in [0, 0.1) is 12.8 Å². The Kier molecular flexibility index (Phi) is 5.40. The molecule has 8 nitrogen and oxygen atoms in total. The van der Waals surface area contributed by atoms with Crippen molar-refractivity contribution < 1.29 is 14.3 Å². The van der Waals surface area contributed by atoms with Crippen LogP contribution in [0.2, 0.25) is 0 Å². The van der Waals surface area contributed by atoms with E-state index < -0.39 is 0 Å². The number of aromatic nitrogens is 4. The van der Waals surface area contributed by atoms with E-state index in [1.54, 1.807) is 12.1 Å². The van der Waals surface area contributed by atoms with E-state index in [9.17, 15) is 9.59 Å². The molecule has 2 N–H and O–H groups in total. The van der Waals surface area contributed by atoms with E-state index in [-0.39, 0.29) is 24.2 Å². The molecule has 0 saturated carbocycles. The van der Waals surface area contributed by atoms with Gasteiger partial charge in [-0.1, -0.05) is 13.0 Å². The maximum absolute atomic E-state index is 12.2. The smallest absolute Gasteiger partial charge is 0.305 e. The van der Waals surface area contributed by atoms with Crippen LogP contribution in [0.5, 0.6) is 0 Å². The SMILES string of the molecule is COC(=O)CC(C)CNC(=O)c1ccc(C)c(-c2nn[nH]n2)c1. The number of aromatic amines is 1. The van der Waals surface area contributed by atoms with Crippen LogP contribution in [0.15, 0.2) is 18.2 Å². The number of benzene rings is 1. The van der Waals surface area contributed by atoms with Crippen molar-refractivity contribution in [3.8, 4) is 11.4 Å². The summed E-state index contributed by atoms with van der Waals surface area (Å²) in [7, 11) is 1.35. The Bertz CT molecular complexity index is 684. The van der Waals surface area contributed by atoms with Crippen molar-refractivity contribution in [1.82, 2.24) is 25.9 Å². The van der Waals surface area contributed by atoms with E-state index in [2.05, 4.69) is 30.7 Å². The van der Waals surface area contributed by atoms with Gasteiger partial charge < -0.3 is 10.1 Å². The van der Waals surface area contributed by atoms with Crippen LogP contribution in [-0.2, 0) is 9.53 Å². The van der Waals surface area contributed by atoms with Gasteiger partial charge in [-0.15, -0.1) is 10.2 Å². The lowest BCUT2D eigenvalue weighted by atomic mass is 10.0. The monoisotopic (exact) mass is 317 g/mol. The second-order valence-electron chi connectivity index (χ2n) is 5.36. The molecule has 2 rings (SSSR count). The number of carbonyl (C=O) groups is 2. The van der Waals surface area contributed by atoms with Gasteiger partial charge in [0.1, 0.15) is 0 Å². The molecule has 8 heteroatoms. The minimum Gasteiger partial charge on any atom is -0.469 e. The van der Waals surface area contributed by atoms with Crippen molar-refractivity contribution in [1.29, 1.82) is 0 Å². The first-order valence-electron chi connectivity index (χ1n) is 7.20. The zero-order chi connectivity index (χ0) is 16.8. The number of esters is 1. The Labute approximate surface area is 133 Å². The number of nitrogens with zero attached hydrogens (tertiary/aromatic N) is 3. The summed E-state index contributed by atoms with van der Waals surface area (Å²) in [5, 5.41) is 16.6. The molecule has 0 spiro atoms. The number of rotatable bonds is 6. The van der Waals surface area contributed by atoms with E-state index in [4.69, 9.17) is 0 Å². The van der Waals surface area contributed by atoms with Crippen LogP contribution in [0.4, 0.5) is 0 Å². The summed E-state index contributed by atoms with van der Waals surface area (Å²) in [4.78, 5) is 23.4. The Morgan fingerprint density at radius 3 is 2.83 bits per heavy atom. The number of aryl methyl sites for hydroxylation is 1. The quantitative estimate of drug-likeness (QED) is 0.772. The van der Waals surface area contributed by atoms with Crippen LogP contribution in [0.25, 0.3) is 11.4 Å². The molecule has 0 aliphatic heterocycles. The fraction of sp³-hybridized carbons (Fsp3) is 0.400. The molecule has 1 unspecified atom stereocenters. The maximum atomic E-state index is 12.2. The van der Waals surface area contributed by atoms with Crippen molar-refractivity contribution >= 4 is 11.9 Å². The Morgan fingerprint density at radius 1 is 1.39 bits per heavy atom. The highest BCUT2D eigenvalue weighted by molar-refractivity contribution is 5.95. The minimum absolute atomic E-state index is 0.00599. The first-order chi connectivity index (χ1) is 11.0. The predicted octanol–water partition coefficient (Wildman–Crippen LogP) is 1.10. The first kappa shape index (κ1) is 16.6. The summed E-state index contributed by atoms with van der Waals surface area (Å²) in [6, 6.07) is 5.29. The summed E-state index contributed by atoms with van der Waals surface area (Å²) < 4.78 is 4.61. The summed E-state index contributed by atoms with van der Waals surface area (Å²) in [5.74, 6) is -0.0716. The molecule has 23 heavy (non-hydrogen) atoms. The van der Waals surface area contributed by atoms with Crippen molar-refractivity contribution in [3.63, 3.8) is 0 Å². The van der Waals surface area contributed by atoms with Crippen LogP contribution in [0.3, 0.4) is 0 Å². The van der Waals surface area contributed by atoms with Gasteiger partial charge in [0.2, 0.25) is 5.82 Å². The Balaban J connectivity index is 2.03. The molecule has 122 valence electrons. The number of hydrogen-bond acceptors (Lipinski definition) is 6. The van der Waals surface area contributed by atoms with Crippen molar-refractivity contribution in [2.75, 3.05) is 13.7 Å². The molecule has 2 aromatic rings. The molecule has 1 atom stereocenters. The largest absolute Gasteiger partial charge is 0.469 e. The topological polar surface area (TPSA) is 110 Å². The number of H-pyrrole nitrogens is 1. The average molecular weight is 317 g/mol. The van der Waals surface area contributed by atoms with Crippen LogP contribution in [0.1, 0.15) is 29.3 Å². The van der Waals surface area contributed by atoms with Gasteiger partial charge in [0.05, 0.1) is 7.11 Å². The van der Waals surface area contributed by atoms with Gasteiger partial charge in [-0.2, -0.15) is 5.21 Å². The highest BCUT2D eigenvalue weighted by atomic mass is 16.5. The molecule has 1 heterocycles. The lowest BCUT2D eigenvalue weighted by Crippen LogP contribution is -2.29. The molecule has 0 radical (unpaired) electrons. The summed E-state index contributed by atoms with van der Waals surface area (Å²) in [5.41, 5.74) is 2.19. The number of carbonyl (C=O) groups excluding carboxylic acids is 2. The number of nitrogens with one attached hydrogen (secondary N) is 2. The molecule has 1 aromatic carbocycles. The lowest BCUT2D eigenvalue weighted by molar-refractivity contribution is -0.141.